The van der Waals surface area contributed by atoms with Gasteiger partial charge in [-0.25, -0.2) is 15.0 Å². The van der Waals surface area contributed by atoms with Gasteiger partial charge in [-0.3, -0.25) is 9.59 Å². The molecule has 12 nitrogen and oxygen atoms in total. The number of allylic oxidation sites excluding steroid dienone is 1. The quantitative estimate of drug-likeness (QED) is 0.122. The van der Waals surface area contributed by atoms with Crippen LogP contribution >= 0.6 is 0 Å². The van der Waals surface area contributed by atoms with Crippen LogP contribution in [-0.4, -0.2) is 64.8 Å². The number of carbonyl (C=O) groups excluding carboxylic acids is 2. The monoisotopic (exact) mass is 583 g/mol. The maximum atomic E-state index is 12.8. The third-order valence-corrected chi connectivity index (χ3v) is 6.55. The van der Waals surface area contributed by atoms with Crippen LogP contribution in [0, 0.1) is 11.8 Å². The van der Waals surface area contributed by atoms with Gasteiger partial charge in [0.25, 0.3) is 0 Å². The number of esters is 1. The van der Waals surface area contributed by atoms with Crippen molar-refractivity contribution in [1.29, 1.82) is 0 Å². The summed E-state index contributed by atoms with van der Waals surface area (Å²) in [5.74, 6) is -0.718. The molecular formula is C30H37N3O9. The first-order valence-electron chi connectivity index (χ1n) is 13.4. The molecule has 42 heavy (non-hydrogen) atoms. The average Bonchev–Trinajstić information content (AvgIpc) is 3.75. The highest BCUT2D eigenvalue weighted by Crippen LogP contribution is 2.30. The van der Waals surface area contributed by atoms with E-state index in [0.717, 1.165) is 0 Å². The van der Waals surface area contributed by atoms with Crippen LogP contribution in [0.2, 0.25) is 0 Å². The van der Waals surface area contributed by atoms with Crippen LogP contribution in [0.1, 0.15) is 50.8 Å². The lowest BCUT2D eigenvalue weighted by Gasteiger charge is -2.21. The third kappa shape index (κ3) is 8.68. The van der Waals surface area contributed by atoms with Gasteiger partial charge in [0.05, 0.1) is 31.2 Å². The Hall–Kier alpha value is -4.13. The second-order valence-corrected chi connectivity index (χ2v) is 9.69. The number of aliphatic hydroxyl groups excluding tert-OH is 1. The number of aromatic nitrogens is 3. The molecule has 0 spiro atoms. The first kappa shape index (κ1) is 32.4. The molecule has 0 radical (unpaired) electrons. The molecule has 0 bridgehead atoms. The second kappa shape index (κ2) is 15.8. The SMILES string of the molecule is C=CC[C@H](OC)[C@@H](C)COC(=O)C[C@@H](O)C/C=C/C(=O)[C@H](C)[C@H](OC)c1coc(-c2coc(-c3coc(C=C)n3)n2)n1. The minimum Gasteiger partial charge on any atom is -0.465 e. The Kier molecular flexibility index (Phi) is 12.1. The van der Waals surface area contributed by atoms with Crippen LogP contribution in [0.15, 0.2) is 63.4 Å². The summed E-state index contributed by atoms with van der Waals surface area (Å²) in [4.78, 5) is 37.9. The molecule has 226 valence electrons. The minimum atomic E-state index is -0.997. The Morgan fingerprint density at radius 1 is 0.976 bits per heavy atom. The average molecular weight is 584 g/mol. The number of ketones is 1. The molecule has 0 unspecified atom stereocenters. The minimum absolute atomic E-state index is 0.0265. The first-order valence-corrected chi connectivity index (χ1v) is 13.4. The molecule has 0 amide bonds. The third-order valence-electron chi connectivity index (χ3n) is 6.55. The van der Waals surface area contributed by atoms with Crippen molar-refractivity contribution in [2.45, 2.75) is 51.4 Å². The van der Waals surface area contributed by atoms with Gasteiger partial charge >= 0.3 is 5.97 Å². The lowest BCUT2D eigenvalue weighted by atomic mass is 9.96. The van der Waals surface area contributed by atoms with Crippen molar-refractivity contribution in [3.8, 4) is 23.2 Å². The van der Waals surface area contributed by atoms with E-state index in [2.05, 4.69) is 28.1 Å². The van der Waals surface area contributed by atoms with Gasteiger partial charge in [-0.2, -0.15) is 0 Å². The molecule has 1 N–H and O–H groups in total. The molecule has 0 aromatic carbocycles. The van der Waals surface area contributed by atoms with E-state index in [4.69, 9.17) is 27.5 Å². The summed E-state index contributed by atoms with van der Waals surface area (Å²) < 4.78 is 32.4. The van der Waals surface area contributed by atoms with Crippen molar-refractivity contribution in [3.63, 3.8) is 0 Å². The smallest absolute Gasteiger partial charge is 0.308 e. The van der Waals surface area contributed by atoms with E-state index >= 15 is 0 Å². The Morgan fingerprint density at radius 3 is 2.33 bits per heavy atom. The van der Waals surface area contributed by atoms with Gasteiger partial charge in [0.1, 0.15) is 30.6 Å². The topological polar surface area (TPSA) is 160 Å². The molecule has 0 aliphatic heterocycles. The summed E-state index contributed by atoms with van der Waals surface area (Å²) in [6.45, 7) is 11.1. The number of ether oxygens (including phenoxy) is 3. The van der Waals surface area contributed by atoms with E-state index in [1.807, 2.05) is 6.92 Å². The molecule has 0 saturated heterocycles. The van der Waals surface area contributed by atoms with Gasteiger partial charge in [-0.15, -0.1) is 6.58 Å². The molecule has 0 fully saturated rings. The molecular weight excluding hydrogens is 546 g/mol. The Bertz CT molecular complexity index is 1360. The number of hydrogen-bond acceptors (Lipinski definition) is 12. The molecule has 0 aliphatic rings. The molecule has 3 aromatic rings. The number of aliphatic hydroxyl groups is 1. The van der Waals surface area contributed by atoms with Gasteiger partial charge in [-0.1, -0.05) is 32.6 Å². The van der Waals surface area contributed by atoms with Crippen LogP contribution in [0.4, 0.5) is 0 Å². The predicted octanol–water partition coefficient (Wildman–Crippen LogP) is 4.99. The maximum Gasteiger partial charge on any atom is 0.308 e. The van der Waals surface area contributed by atoms with Gasteiger partial charge in [0.2, 0.25) is 17.7 Å². The fourth-order valence-electron chi connectivity index (χ4n) is 4.12. The van der Waals surface area contributed by atoms with E-state index in [-0.39, 0.29) is 49.0 Å². The van der Waals surface area contributed by atoms with E-state index in [1.54, 1.807) is 20.1 Å². The summed E-state index contributed by atoms with van der Waals surface area (Å²) in [5, 5.41) is 10.2. The van der Waals surface area contributed by atoms with Crippen LogP contribution in [0.3, 0.4) is 0 Å². The molecule has 3 rings (SSSR count). The Labute approximate surface area is 244 Å². The standard InChI is InChI=1S/C30H37N3O9/c1-7-10-25(37-5)18(3)14-40-27(36)13-20(34)11-9-12-24(35)19(4)28(38-6)21-15-41-30(32-21)23-17-42-29(33-23)22-16-39-26(8-2)31-22/h7-9,12,15-20,25,28,34H,1-2,10-11,13-14H2,3-6H3/b12-9+/t18-,19-,20-,25-,28-/m0/s1. The van der Waals surface area contributed by atoms with Crippen LogP contribution in [0.5, 0.6) is 0 Å². The summed E-state index contributed by atoms with van der Waals surface area (Å²) in [6.07, 6.45) is 8.95. The van der Waals surface area contributed by atoms with Crippen LogP contribution in [0.25, 0.3) is 29.2 Å². The number of oxazole rings is 3. The molecule has 12 heteroatoms. The summed E-state index contributed by atoms with van der Waals surface area (Å²) in [6, 6.07) is 0. The van der Waals surface area contributed by atoms with Gasteiger partial charge < -0.3 is 32.6 Å². The van der Waals surface area contributed by atoms with Crippen molar-refractivity contribution >= 4 is 17.8 Å². The normalized spacial score (nSPS) is 15.2. The van der Waals surface area contributed by atoms with Crippen LogP contribution < -0.4 is 0 Å². The second-order valence-electron chi connectivity index (χ2n) is 9.69. The molecule has 3 aromatic heterocycles. The van der Waals surface area contributed by atoms with Gasteiger partial charge in [0, 0.05) is 20.1 Å². The first-order chi connectivity index (χ1) is 20.2. The fourth-order valence-corrected chi connectivity index (χ4v) is 4.12. The number of nitrogens with zero attached hydrogens (tertiary/aromatic N) is 3. The van der Waals surface area contributed by atoms with Crippen molar-refractivity contribution in [3.05, 3.63) is 61.8 Å². The van der Waals surface area contributed by atoms with Crippen molar-refractivity contribution in [2.75, 3.05) is 20.8 Å². The number of methoxy groups -OCH3 is 2. The summed E-state index contributed by atoms with van der Waals surface area (Å²) >= 11 is 0. The Balaban J connectivity index is 1.51. The molecule has 0 saturated carbocycles. The zero-order valence-electron chi connectivity index (χ0n) is 24.2. The van der Waals surface area contributed by atoms with E-state index in [1.165, 1.54) is 44.1 Å². The molecule has 0 aliphatic carbocycles. The summed E-state index contributed by atoms with van der Waals surface area (Å²) in [5.41, 5.74) is 1.10. The lowest BCUT2D eigenvalue weighted by Crippen LogP contribution is -2.26. The highest BCUT2D eigenvalue weighted by Gasteiger charge is 2.28. The fraction of sp³-hybridized carbons (Fsp3) is 0.433. The van der Waals surface area contributed by atoms with Crippen molar-refractivity contribution in [2.24, 2.45) is 11.8 Å². The zero-order valence-corrected chi connectivity index (χ0v) is 24.2. The molecule has 5 atom stereocenters. The number of rotatable bonds is 18. The highest BCUT2D eigenvalue weighted by molar-refractivity contribution is 5.92. The van der Waals surface area contributed by atoms with Crippen molar-refractivity contribution < 1.29 is 42.2 Å². The van der Waals surface area contributed by atoms with Gasteiger partial charge in [0.15, 0.2) is 17.2 Å². The predicted molar refractivity (Wildman–Crippen MR) is 152 cm³/mol. The summed E-state index contributed by atoms with van der Waals surface area (Å²) in [7, 11) is 3.06. The van der Waals surface area contributed by atoms with E-state index < -0.39 is 24.1 Å². The van der Waals surface area contributed by atoms with E-state index in [0.29, 0.717) is 29.4 Å². The largest absolute Gasteiger partial charge is 0.465 e. The maximum absolute atomic E-state index is 12.8. The number of carbonyl (C=O) groups is 2. The zero-order chi connectivity index (χ0) is 30.6. The van der Waals surface area contributed by atoms with Gasteiger partial charge in [-0.05, 0) is 25.0 Å². The lowest BCUT2D eigenvalue weighted by molar-refractivity contribution is -0.148. The Morgan fingerprint density at radius 2 is 1.67 bits per heavy atom. The number of hydrogen-bond donors (Lipinski definition) is 1. The molecule has 3 heterocycles. The van der Waals surface area contributed by atoms with Crippen LogP contribution in [-0.2, 0) is 23.8 Å². The van der Waals surface area contributed by atoms with E-state index in [9.17, 15) is 14.7 Å². The van der Waals surface area contributed by atoms with Crippen molar-refractivity contribution in [1.82, 2.24) is 15.0 Å². The highest BCUT2D eigenvalue weighted by atomic mass is 16.5.